The molecule has 0 radical (unpaired) electrons. The highest BCUT2D eigenvalue weighted by molar-refractivity contribution is 5.31. The van der Waals surface area contributed by atoms with Gasteiger partial charge < -0.3 is 9.84 Å². The fourth-order valence-corrected chi connectivity index (χ4v) is 2.70. The Labute approximate surface area is 119 Å². The Morgan fingerprint density at radius 3 is 2.65 bits per heavy atom. The first-order chi connectivity index (χ1) is 9.88. The zero-order valence-electron chi connectivity index (χ0n) is 11.3. The van der Waals surface area contributed by atoms with Crippen LogP contribution in [0.25, 0.3) is 0 Å². The van der Waals surface area contributed by atoms with Gasteiger partial charge in [-0.25, -0.2) is 0 Å². The van der Waals surface area contributed by atoms with Gasteiger partial charge in [0.05, 0.1) is 31.9 Å². The number of hydrogen-bond acceptors (Lipinski definition) is 3. The van der Waals surface area contributed by atoms with E-state index in [1.165, 1.54) is 11.1 Å². The minimum absolute atomic E-state index is 0.0721. The number of aliphatic hydroxyl groups is 1. The molecule has 0 saturated heterocycles. The Kier molecular flexibility index (Phi) is 4.11. The van der Waals surface area contributed by atoms with Crippen LogP contribution in [0.2, 0.25) is 0 Å². The van der Waals surface area contributed by atoms with Gasteiger partial charge in [0.15, 0.2) is 0 Å². The third-order valence-corrected chi connectivity index (χ3v) is 3.76. The van der Waals surface area contributed by atoms with Crippen molar-refractivity contribution in [2.24, 2.45) is 0 Å². The molecule has 0 saturated carbocycles. The third-order valence-electron chi connectivity index (χ3n) is 3.76. The molecule has 1 heterocycles. The molecule has 0 spiro atoms. The lowest BCUT2D eigenvalue weighted by atomic mass is 9.97. The number of aliphatic hydroxyl groups excluding tert-OH is 1. The fraction of sp³-hybridized carbons (Fsp3) is 0.294. The molecule has 0 amide bonds. The minimum atomic E-state index is -0.0732. The maximum atomic E-state index is 9.65. The number of benzene rings is 2. The highest BCUT2D eigenvalue weighted by atomic mass is 16.5. The van der Waals surface area contributed by atoms with E-state index in [1.54, 1.807) is 0 Å². The largest absolute Gasteiger partial charge is 0.394 e. The van der Waals surface area contributed by atoms with Crippen molar-refractivity contribution in [2.75, 3.05) is 13.2 Å². The summed E-state index contributed by atoms with van der Waals surface area (Å²) >= 11 is 0. The predicted octanol–water partition coefficient (Wildman–Crippen LogP) is 2.58. The highest BCUT2D eigenvalue weighted by Gasteiger charge is 2.23. The van der Waals surface area contributed by atoms with Crippen LogP contribution < -0.4 is 5.32 Å². The molecule has 0 fully saturated rings. The maximum Gasteiger partial charge on any atom is 0.0721 e. The summed E-state index contributed by atoms with van der Waals surface area (Å²) < 4.78 is 5.65. The molecule has 104 valence electrons. The molecule has 0 aliphatic carbocycles. The normalized spacial score (nSPS) is 19.4. The van der Waals surface area contributed by atoms with Gasteiger partial charge in [0.1, 0.15) is 0 Å². The molecular formula is C17H19NO2. The Morgan fingerprint density at radius 2 is 1.85 bits per heavy atom. The van der Waals surface area contributed by atoms with Crippen molar-refractivity contribution >= 4 is 0 Å². The second-order valence-corrected chi connectivity index (χ2v) is 5.08. The predicted molar refractivity (Wildman–Crippen MR) is 78.2 cm³/mol. The molecule has 1 unspecified atom stereocenters. The van der Waals surface area contributed by atoms with Gasteiger partial charge in [-0.2, -0.15) is 0 Å². The number of nitrogens with one attached hydrogen (secondary N) is 1. The van der Waals surface area contributed by atoms with E-state index in [-0.39, 0.29) is 18.7 Å². The number of fused-ring (bicyclic) bond motifs is 1. The summed E-state index contributed by atoms with van der Waals surface area (Å²) in [5.74, 6) is 0. The Morgan fingerprint density at radius 1 is 1.10 bits per heavy atom. The van der Waals surface area contributed by atoms with Gasteiger partial charge in [-0.3, -0.25) is 5.32 Å². The van der Waals surface area contributed by atoms with Crippen molar-refractivity contribution in [1.29, 1.82) is 0 Å². The molecule has 0 bridgehead atoms. The van der Waals surface area contributed by atoms with Gasteiger partial charge in [-0.15, -0.1) is 0 Å². The number of rotatable bonds is 4. The van der Waals surface area contributed by atoms with Crippen LogP contribution in [0, 0.1) is 0 Å². The molecule has 3 rings (SSSR count). The van der Waals surface area contributed by atoms with E-state index in [1.807, 2.05) is 36.4 Å². The summed E-state index contributed by atoms with van der Waals surface area (Å²) in [7, 11) is 0. The number of hydrogen-bond donors (Lipinski definition) is 2. The van der Waals surface area contributed by atoms with Crippen molar-refractivity contribution in [1.82, 2.24) is 5.32 Å². The van der Waals surface area contributed by atoms with E-state index < -0.39 is 0 Å². The van der Waals surface area contributed by atoms with Crippen molar-refractivity contribution in [3.8, 4) is 0 Å². The lowest BCUT2D eigenvalue weighted by Crippen LogP contribution is -2.34. The van der Waals surface area contributed by atoms with Crippen LogP contribution >= 0.6 is 0 Å². The summed E-state index contributed by atoms with van der Waals surface area (Å²) in [5.41, 5.74) is 3.59. The SMILES string of the molecule is OC[C@H](NC1COCc2ccccc21)c1ccccc1. The van der Waals surface area contributed by atoms with E-state index in [2.05, 4.69) is 23.5 Å². The second kappa shape index (κ2) is 6.18. The highest BCUT2D eigenvalue weighted by Crippen LogP contribution is 2.27. The smallest absolute Gasteiger partial charge is 0.0721 e. The van der Waals surface area contributed by atoms with E-state index in [0.717, 1.165) is 5.56 Å². The zero-order chi connectivity index (χ0) is 13.8. The van der Waals surface area contributed by atoms with Crippen LogP contribution in [-0.4, -0.2) is 18.3 Å². The summed E-state index contributed by atoms with van der Waals surface area (Å²) in [6, 6.07) is 18.4. The minimum Gasteiger partial charge on any atom is -0.394 e. The first kappa shape index (κ1) is 13.3. The van der Waals surface area contributed by atoms with Gasteiger partial charge in [-0.05, 0) is 16.7 Å². The molecule has 1 aliphatic rings. The lowest BCUT2D eigenvalue weighted by molar-refractivity contribution is 0.0744. The van der Waals surface area contributed by atoms with Gasteiger partial charge in [0.25, 0.3) is 0 Å². The van der Waals surface area contributed by atoms with Crippen LogP contribution in [0.4, 0.5) is 0 Å². The first-order valence-corrected chi connectivity index (χ1v) is 6.96. The lowest BCUT2D eigenvalue weighted by Gasteiger charge is -2.30. The molecular weight excluding hydrogens is 250 g/mol. The summed E-state index contributed by atoms with van der Waals surface area (Å²) in [6.45, 7) is 1.38. The molecule has 0 aromatic heterocycles. The Hall–Kier alpha value is -1.68. The molecule has 2 atom stereocenters. The Bertz CT molecular complexity index is 556. The topological polar surface area (TPSA) is 41.5 Å². The Balaban J connectivity index is 1.81. The maximum absolute atomic E-state index is 9.65. The van der Waals surface area contributed by atoms with Crippen LogP contribution in [-0.2, 0) is 11.3 Å². The second-order valence-electron chi connectivity index (χ2n) is 5.08. The van der Waals surface area contributed by atoms with Gasteiger partial charge in [0.2, 0.25) is 0 Å². The van der Waals surface area contributed by atoms with E-state index in [0.29, 0.717) is 13.2 Å². The fourth-order valence-electron chi connectivity index (χ4n) is 2.70. The van der Waals surface area contributed by atoms with Crippen molar-refractivity contribution in [3.63, 3.8) is 0 Å². The van der Waals surface area contributed by atoms with E-state index in [9.17, 15) is 5.11 Å². The third kappa shape index (κ3) is 2.75. The van der Waals surface area contributed by atoms with Crippen LogP contribution in [0.15, 0.2) is 54.6 Å². The van der Waals surface area contributed by atoms with E-state index in [4.69, 9.17) is 4.74 Å². The van der Waals surface area contributed by atoms with Crippen molar-refractivity contribution in [3.05, 3.63) is 71.3 Å². The quantitative estimate of drug-likeness (QED) is 0.896. The molecule has 2 aromatic carbocycles. The molecule has 20 heavy (non-hydrogen) atoms. The first-order valence-electron chi connectivity index (χ1n) is 6.96. The molecule has 2 aromatic rings. The molecule has 3 nitrogen and oxygen atoms in total. The van der Waals surface area contributed by atoms with Crippen LogP contribution in [0.1, 0.15) is 28.8 Å². The van der Waals surface area contributed by atoms with Gasteiger partial charge >= 0.3 is 0 Å². The van der Waals surface area contributed by atoms with E-state index >= 15 is 0 Å². The average molecular weight is 269 g/mol. The van der Waals surface area contributed by atoms with Crippen molar-refractivity contribution in [2.45, 2.75) is 18.7 Å². The molecule has 2 N–H and O–H groups in total. The molecule has 1 aliphatic heterocycles. The zero-order valence-corrected chi connectivity index (χ0v) is 11.3. The van der Waals surface area contributed by atoms with Crippen molar-refractivity contribution < 1.29 is 9.84 Å². The summed E-state index contributed by atoms with van der Waals surface area (Å²) in [6.07, 6.45) is 0. The van der Waals surface area contributed by atoms with Crippen LogP contribution in [0.3, 0.4) is 0 Å². The average Bonchev–Trinajstić information content (AvgIpc) is 2.53. The van der Waals surface area contributed by atoms with Crippen LogP contribution in [0.5, 0.6) is 0 Å². The number of ether oxygens (including phenoxy) is 1. The van der Waals surface area contributed by atoms with Gasteiger partial charge in [0, 0.05) is 0 Å². The monoisotopic (exact) mass is 269 g/mol. The van der Waals surface area contributed by atoms with Gasteiger partial charge in [-0.1, -0.05) is 54.6 Å². The summed E-state index contributed by atoms with van der Waals surface area (Å²) in [5, 5.41) is 13.2. The molecule has 3 heteroatoms. The summed E-state index contributed by atoms with van der Waals surface area (Å²) in [4.78, 5) is 0. The standard InChI is InChI=1S/C17H19NO2/c19-10-16(13-6-2-1-3-7-13)18-17-12-20-11-14-8-4-5-9-15(14)17/h1-9,16-19H,10-12H2/t16-,17?/m0/s1.